The van der Waals surface area contributed by atoms with Crippen molar-refractivity contribution in [3.63, 3.8) is 0 Å². The van der Waals surface area contributed by atoms with E-state index in [1.54, 1.807) is 0 Å². The first kappa shape index (κ1) is 6.62. The van der Waals surface area contributed by atoms with Gasteiger partial charge in [0.2, 0.25) is 0 Å². The second kappa shape index (κ2) is 2.51. The highest BCUT2D eigenvalue weighted by Gasteiger charge is 2.36. The van der Waals surface area contributed by atoms with Crippen molar-refractivity contribution in [3.8, 4) is 0 Å². The molecule has 10 heavy (non-hydrogen) atoms. The highest BCUT2D eigenvalue weighted by atomic mass is 16.3. The summed E-state index contributed by atoms with van der Waals surface area (Å²) in [7, 11) is 0. The van der Waals surface area contributed by atoms with E-state index in [9.17, 15) is 0 Å². The minimum Gasteiger partial charge on any atom is -0.396 e. The number of nitrogens with zero attached hydrogens (tertiary/aromatic N) is 1. The van der Waals surface area contributed by atoms with Crippen molar-refractivity contribution < 1.29 is 5.11 Å². The summed E-state index contributed by atoms with van der Waals surface area (Å²) in [4.78, 5) is 2.53. The van der Waals surface area contributed by atoms with Gasteiger partial charge in [0.15, 0.2) is 0 Å². The van der Waals surface area contributed by atoms with Gasteiger partial charge < -0.3 is 10.0 Å². The molecule has 2 rings (SSSR count). The number of hydrogen-bond acceptors (Lipinski definition) is 2. The van der Waals surface area contributed by atoms with E-state index < -0.39 is 0 Å². The topological polar surface area (TPSA) is 23.5 Å². The molecule has 2 heterocycles. The zero-order valence-electron chi connectivity index (χ0n) is 6.29. The van der Waals surface area contributed by atoms with Crippen LogP contribution in [0.1, 0.15) is 19.3 Å². The average Bonchev–Trinajstić information content (AvgIpc) is 2.44. The molecule has 0 unspecified atom stereocenters. The fourth-order valence-corrected chi connectivity index (χ4v) is 2.40. The van der Waals surface area contributed by atoms with Crippen LogP contribution in [0.3, 0.4) is 0 Å². The Hall–Kier alpha value is -0.0800. The van der Waals surface area contributed by atoms with Crippen LogP contribution >= 0.6 is 0 Å². The van der Waals surface area contributed by atoms with Gasteiger partial charge in [-0.25, -0.2) is 0 Å². The van der Waals surface area contributed by atoms with Crippen molar-refractivity contribution in [2.75, 3.05) is 19.7 Å². The van der Waals surface area contributed by atoms with Crippen LogP contribution in [-0.2, 0) is 0 Å². The van der Waals surface area contributed by atoms with Crippen LogP contribution in [0.4, 0.5) is 0 Å². The van der Waals surface area contributed by atoms with Gasteiger partial charge in [-0.05, 0) is 38.3 Å². The number of aliphatic hydroxyl groups excluding tert-OH is 1. The molecule has 0 aromatic heterocycles. The van der Waals surface area contributed by atoms with E-state index in [-0.39, 0.29) is 0 Å². The molecule has 58 valence electrons. The van der Waals surface area contributed by atoms with Crippen LogP contribution in [0.25, 0.3) is 0 Å². The normalized spacial score (nSPS) is 40.5. The maximum absolute atomic E-state index is 8.99. The van der Waals surface area contributed by atoms with Gasteiger partial charge in [-0.15, -0.1) is 0 Å². The fourth-order valence-electron chi connectivity index (χ4n) is 2.40. The van der Waals surface area contributed by atoms with Crippen molar-refractivity contribution in [2.45, 2.75) is 25.3 Å². The summed E-state index contributed by atoms with van der Waals surface area (Å²) in [5, 5.41) is 8.99. The van der Waals surface area contributed by atoms with E-state index in [2.05, 4.69) is 4.90 Å². The third-order valence-electron chi connectivity index (χ3n) is 2.98. The molecule has 2 nitrogen and oxygen atoms in total. The molecule has 0 aliphatic carbocycles. The number of rotatable bonds is 1. The van der Waals surface area contributed by atoms with Crippen molar-refractivity contribution in [1.82, 2.24) is 4.90 Å². The van der Waals surface area contributed by atoms with Crippen molar-refractivity contribution in [2.24, 2.45) is 5.92 Å². The highest BCUT2D eigenvalue weighted by Crippen LogP contribution is 2.31. The van der Waals surface area contributed by atoms with Gasteiger partial charge in [0.25, 0.3) is 0 Å². The van der Waals surface area contributed by atoms with Crippen molar-refractivity contribution >= 4 is 0 Å². The molecule has 2 aliphatic heterocycles. The Morgan fingerprint density at radius 3 is 3.00 bits per heavy atom. The zero-order valence-corrected chi connectivity index (χ0v) is 6.29. The van der Waals surface area contributed by atoms with Gasteiger partial charge in [-0.3, -0.25) is 0 Å². The first-order valence-electron chi connectivity index (χ1n) is 4.26. The van der Waals surface area contributed by atoms with Gasteiger partial charge in [0, 0.05) is 12.6 Å². The lowest BCUT2D eigenvalue weighted by molar-refractivity contribution is 0.191. The van der Waals surface area contributed by atoms with E-state index in [0.29, 0.717) is 12.5 Å². The smallest absolute Gasteiger partial charge is 0.0474 e. The molecule has 2 atom stereocenters. The molecule has 0 aromatic rings. The van der Waals surface area contributed by atoms with Crippen molar-refractivity contribution in [1.29, 1.82) is 0 Å². The molecule has 2 aliphatic rings. The summed E-state index contributed by atoms with van der Waals surface area (Å²) < 4.78 is 0. The predicted molar refractivity (Wildman–Crippen MR) is 39.8 cm³/mol. The lowest BCUT2D eigenvalue weighted by Crippen LogP contribution is -2.27. The maximum atomic E-state index is 8.99. The molecule has 2 heteroatoms. The predicted octanol–water partition coefficient (Wildman–Crippen LogP) is 0.463. The molecule has 2 saturated heterocycles. The van der Waals surface area contributed by atoms with Crippen molar-refractivity contribution in [3.05, 3.63) is 0 Å². The Morgan fingerprint density at radius 1 is 1.30 bits per heavy atom. The molecule has 0 radical (unpaired) electrons. The van der Waals surface area contributed by atoms with E-state index in [1.165, 1.54) is 32.4 Å². The van der Waals surface area contributed by atoms with E-state index in [4.69, 9.17) is 5.11 Å². The molecule has 2 fully saturated rings. The van der Waals surface area contributed by atoms with Crippen LogP contribution in [0.2, 0.25) is 0 Å². The molecule has 0 bridgehead atoms. The minimum absolute atomic E-state index is 0.404. The molecule has 0 aromatic carbocycles. The first-order chi connectivity index (χ1) is 4.92. The molecule has 0 amide bonds. The molecular formula is C8H15NO. The first-order valence-corrected chi connectivity index (χ1v) is 4.26. The monoisotopic (exact) mass is 141 g/mol. The van der Waals surface area contributed by atoms with Gasteiger partial charge in [0.05, 0.1) is 0 Å². The van der Waals surface area contributed by atoms with Gasteiger partial charge in [0.1, 0.15) is 0 Å². The molecular weight excluding hydrogens is 126 g/mol. The Bertz CT molecular complexity index is 126. The van der Waals surface area contributed by atoms with Gasteiger partial charge >= 0.3 is 0 Å². The summed E-state index contributed by atoms with van der Waals surface area (Å²) in [5.41, 5.74) is 0. The summed E-state index contributed by atoms with van der Waals surface area (Å²) in [6.45, 7) is 2.91. The summed E-state index contributed by atoms with van der Waals surface area (Å²) >= 11 is 0. The third-order valence-corrected chi connectivity index (χ3v) is 2.98. The van der Waals surface area contributed by atoms with E-state index in [1.807, 2.05) is 0 Å². The SMILES string of the molecule is OC[C@H]1CCN2CCC[C@@H]12. The Morgan fingerprint density at radius 2 is 2.20 bits per heavy atom. The second-order valence-electron chi connectivity index (χ2n) is 3.48. The average molecular weight is 141 g/mol. The quantitative estimate of drug-likeness (QED) is 0.573. The second-order valence-corrected chi connectivity index (χ2v) is 3.48. The zero-order chi connectivity index (χ0) is 6.97. The van der Waals surface area contributed by atoms with E-state index >= 15 is 0 Å². The number of hydrogen-bond donors (Lipinski definition) is 1. The summed E-state index contributed by atoms with van der Waals surface area (Å²) in [6, 6.07) is 0.741. The van der Waals surface area contributed by atoms with Crippen LogP contribution in [0, 0.1) is 5.92 Å². The van der Waals surface area contributed by atoms with Crippen LogP contribution in [-0.4, -0.2) is 35.7 Å². The fraction of sp³-hybridized carbons (Fsp3) is 1.00. The lowest BCUT2D eigenvalue weighted by atomic mass is 10.00. The van der Waals surface area contributed by atoms with Crippen LogP contribution in [0.5, 0.6) is 0 Å². The standard InChI is InChI=1S/C8H15NO/c10-6-7-3-5-9-4-1-2-8(7)9/h7-8,10H,1-6H2/t7-,8+/m1/s1. The Labute approximate surface area is 61.8 Å². The van der Waals surface area contributed by atoms with Gasteiger partial charge in [-0.1, -0.05) is 0 Å². The van der Waals surface area contributed by atoms with Gasteiger partial charge in [-0.2, -0.15) is 0 Å². The highest BCUT2D eigenvalue weighted by molar-refractivity contribution is 4.90. The maximum Gasteiger partial charge on any atom is 0.0474 e. The van der Waals surface area contributed by atoms with Crippen LogP contribution < -0.4 is 0 Å². The molecule has 0 spiro atoms. The molecule has 0 saturated carbocycles. The Balaban J connectivity index is 2.01. The largest absolute Gasteiger partial charge is 0.396 e. The lowest BCUT2D eigenvalue weighted by Gasteiger charge is -2.17. The number of aliphatic hydroxyl groups is 1. The number of fused-ring (bicyclic) bond motifs is 1. The minimum atomic E-state index is 0.404. The Kier molecular flexibility index (Phi) is 1.66. The summed E-state index contributed by atoms with van der Waals surface area (Å²) in [5.74, 6) is 0.600. The third kappa shape index (κ3) is 0.867. The van der Waals surface area contributed by atoms with E-state index in [0.717, 1.165) is 6.04 Å². The summed E-state index contributed by atoms with van der Waals surface area (Å²) in [6.07, 6.45) is 3.90. The van der Waals surface area contributed by atoms with Crippen LogP contribution in [0.15, 0.2) is 0 Å². The molecule has 1 N–H and O–H groups in total.